The van der Waals surface area contributed by atoms with E-state index in [1.165, 1.54) is 11.8 Å². The van der Waals surface area contributed by atoms with Crippen LogP contribution in [0.3, 0.4) is 0 Å². The predicted octanol–water partition coefficient (Wildman–Crippen LogP) is 4.93. The Hall–Kier alpha value is -2.04. The molecular formula is C18H15ClN2OS. The van der Waals surface area contributed by atoms with Gasteiger partial charge in [0.15, 0.2) is 0 Å². The molecule has 1 amide bonds. The lowest BCUT2D eigenvalue weighted by molar-refractivity contribution is -0.113. The van der Waals surface area contributed by atoms with Crippen molar-refractivity contribution in [2.45, 2.75) is 11.8 Å². The Balaban J connectivity index is 1.72. The maximum Gasteiger partial charge on any atom is 0.235 e. The summed E-state index contributed by atoms with van der Waals surface area (Å²) in [4.78, 5) is 17.2. The lowest BCUT2D eigenvalue weighted by atomic mass is 10.1. The zero-order valence-electron chi connectivity index (χ0n) is 12.5. The second kappa shape index (κ2) is 7.02. The fraction of sp³-hybridized carbons (Fsp3) is 0.111. The van der Waals surface area contributed by atoms with Crippen molar-refractivity contribution < 1.29 is 4.79 Å². The van der Waals surface area contributed by atoms with Crippen LogP contribution in [0.5, 0.6) is 0 Å². The van der Waals surface area contributed by atoms with E-state index in [1.807, 2.05) is 55.5 Å². The quantitative estimate of drug-likeness (QED) is 0.684. The molecule has 0 aliphatic carbocycles. The molecule has 0 fully saturated rings. The number of carbonyl (C=O) groups is 1. The Morgan fingerprint density at radius 3 is 2.78 bits per heavy atom. The Labute approximate surface area is 144 Å². The molecule has 0 aliphatic rings. The molecule has 23 heavy (non-hydrogen) atoms. The van der Waals surface area contributed by atoms with Gasteiger partial charge in [-0.05, 0) is 42.1 Å². The maximum atomic E-state index is 12.1. The van der Waals surface area contributed by atoms with E-state index in [2.05, 4.69) is 10.3 Å². The van der Waals surface area contributed by atoms with Crippen molar-refractivity contribution in [3.8, 4) is 0 Å². The maximum absolute atomic E-state index is 12.1. The molecule has 0 saturated carbocycles. The average Bonchev–Trinajstić information content (AvgIpc) is 2.53. The van der Waals surface area contributed by atoms with E-state index in [9.17, 15) is 4.79 Å². The minimum absolute atomic E-state index is 0.0860. The molecule has 0 saturated heterocycles. The topological polar surface area (TPSA) is 42.0 Å². The summed E-state index contributed by atoms with van der Waals surface area (Å²) in [7, 11) is 0. The molecule has 0 bridgehead atoms. The molecule has 0 aliphatic heterocycles. The summed E-state index contributed by atoms with van der Waals surface area (Å²) < 4.78 is 0. The number of pyridine rings is 1. The number of rotatable bonds is 4. The summed E-state index contributed by atoms with van der Waals surface area (Å²) >= 11 is 7.77. The van der Waals surface area contributed by atoms with Crippen molar-refractivity contribution in [3.05, 3.63) is 65.3 Å². The molecule has 1 aromatic heterocycles. The molecule has 1 N–H and O–H groups in total. The van der Waals surface area contributed by atoms with Crippen LogP contribution in [0.1, 0.15) is 5.56 Å². The summed E-state index contributed by atoms with van der Waals surface area (Å²) in [6.45, 7) is 1.96. The molecule has 3 aromatic rings. The lowest BCUT2D eigenvalue weighted by Crippen LogP contribution is -2.15. The van der Waals surface area contributed by atoms with Crippen molar-refractivity contribution in [1.29, 1.82) is 0 Å². The Morgan fingerprint density at radius 2 is 2.00 bits per heavy atom. The van der Waals surface area contributed by atoms with Gasteiger partial charge in [0.1, 0.15) is 5.82 Å². The van der Waals surface area contributed by atoms with Crippen LogP contribution in [0.15, 0.2) is 59.6 Å². The van der Waals surface area contributed by atoms with Crippen LogP contribution in [0.25, 0.3) is 10.8 Å². The first-order valence-corrected chi connectivity index (χ1v) is 8.52. The number of nitrogens with one attached hydrogen (secondary N) is 1. The lowest BCUT2D eigenvalue weighted by Gasteiger charge is -2.08. The third kappa shape index (κ3) is 3.84. The van der Waals surface area contributed by atoms with E-state index in [4.69, 9.17) is 11.6 Å². The van der Waals surface area contributed by atoms with E-state index in [0.717, 1.165) is 21.2 Å². The van der Waals surface area contributed by atoms with Crippen molar-refractivity contribution in [1.82, 2.24) is 4.98 Å². The molecule has 1 heterocycles. The fourth-order valence-corrected chi connectivity index (χ4v) is 3.55. The summed E-state index contributed by atoms with van der Waals surface area (Å²) in [5, 5.41) is 5.57. The number of hydrogen-bond donors (Lipinski definition) is 1. The number of amides is 1. The number of anilines is 1. The number of benzene rings is 2. The number of nitrogens with zero attached hydrogens (tertiary/aromatic N) is 1. The molecule has 3 rings (SSSR count). The van der Waals surface area contributed by atoms with Crippen LogP contribution < -0.4 is 5.32 Å². The minimum Gasteiger partial charge on any atom is -0.310 e. The molecule has 0 spiro atoms. The molecular weight excluding hydrogens is 328 g/mol. The zero-order chi connectivity index (χ0) is 16.2. The molecule has 5 heteroatoms. The van der Waals surface area contributed by atoms with Crippen LogP contribution in [0.2, 0.25) is 5.02 Å². The Morgan fingerprint density at radius 1 is 1.22 bits per heavy atom. The highest BCUT2D eigenvalue weighted by atomic mass is 35.5. The molecule has 3 nitrogen and oxygen atoms in total. The second-order valence-electron chi connectivity index (χ2n) is 5.15. The summed E-state index contributed by atoms with van der Waals surface area (Å²) in [5.41, 5.74) is 1.06. The first-order valence-electron chi connectivity index (χ1n) is 7.16. The van der Waals surface area contributed by atoms with Crippen molar-refractivity contribution >= 4 is 45.9 Å². The molecule has 0 atom stereocenters. The third-order valence-corrected chi connectivity index (χ3v) is 4.73. The van der Waals surface area contributed by atoms with Gasteiger partial charge in [0.25, 0.3) is 0 Å². The van der Waals surface area contributed by atoms with Crippen LogP contribution in [-0.2, 0) is 4.79 Å². The van der Waals surface area contributed by atoms with Gasteiger partial charge in [0, 0.05) is 21.5 Å². The van der Waals surface area contributed by atoms with Gasteiger partial charge in [-0.1, -0.05) is 35.9 Å². The first-order chi connectivity index (χ1) is 11.1. The molecule has 2 aromatic carbocycles. The third-order valence-electron chi connectivity index (χ3n) is 3.36. The normalized spacial score (nSPS) is 10.7. The monoisotopic (exact) mass is 342 g/mol. The van der Waals surface area contributed by atoms with Crippen molar-refractivity contribution in [2.75, 3.05) is 11.1 Å². The summed E-state index contributed by atoms with van der Waals surface area (Å²) in [6.07, 6.45) is 1.68. The van der Waals surface area contributed by atoms with E-state index < -0.39 is 0 Å². The number of thioether (sulfide) groups is 1. The molecule has 116 valence electrons. The van der Waals surface area contributed by atoms with Gasteiger partial charge in [0.2, 0.25) is 5.91 Å². The highest BCUT2D eigenvalue weighted by Gasteiger charge is 2.09. The van der Waals surface area contributed by atoms with Crippen LogP contribution in [-0.4, -0.2) is 16.6 Å². The number of carbonyl (C=O) groups excluding carboxylic acids is 1. The van der Waals surface area contributed by atoms with E-state index in [1.54, 1.807) is 6.20 Å². The number of fused-ring (bicyclic) bond motifs is 1. The van der Waals surface area contributed by atoms with Crippen LogP contribution in [0.4, 0.5) is 5.82 Å². The van der Waals surface area contributed by atoms with Gasteiger partial charge in [0.05, 0.1) is 5.75 Å². The predicted molar refractivity (Wildman–Crippen MR) is 97.3 cm³/mol. The Kier molecular flexibility index (Phi) is 4.84. The largest absolute Gasteiger partial charge is 0.310 e. The second-order valence-corrected chi connectivity index (χ2v) is 6.57. The van der Waals surface area contributed by atoms with E-state index in [-0.39, 0.29) is 5.91 Å². The first kappa shape index (κ1) is 15.8. The number of aromatic nitrogens is 1. The summed E-state index contributed by atoms with van der Waals surface area (Å²) in [5.74, 6) is 0.795. The van der Waals surface area contributed by atoms with E-state index in [0.29, 0.717) is 16.6 Å². The van der Waals surface area contributed by atoms with Gasteiger partial charge >= 0.3 is 0 Å². The van der Waals surface area contributed by atoms with E-state index >= 15 is 0 Å². The highest BCUT2D eigenvalue weighted by Crippen LogP contribution is 2.33. The smallest absolute Gasteiger partial charge is 0.235 e. The minimum atomic E-state index is -0.0860. The van der Waals surface area contributed by atoms with Gasteiger partial charge in [-0.2, -0.15) is 0 Å². The van der Waals surface area contributed by atoms with Crippen molar-refractivity contribution in [2.24, 2.45) is 0 Å². The average molecular weight is 343 g/mol. The standard InChI is InChI=1S/C18H15ClN2OS/c1-12-8-9-20-16(10-12)21-17(22)11-23-15-7-3-5-13-4-2-6-14(19)18(13)15/h2-10H,11H2,1H3,(H,20,21,22). The van der Waals surface area contributed by atoms with Crippen LogP contribution >= 0.6 is 23.4 Å². The van der Waals surface area contributed by atoms with Crippen molar-refractivity contribution in [3.63, 3.8) is 0 Å². The zero-order valence-corrected chi connectivity index (χ0v) is 14.1. The van der Waals surface area contributed by atoms with Gasteiger partial charge in [-0.25, -0.2) is 4.98 Å². The highest BCUT2D eigenvalue weighted by molar-refractivity contribution is 8.00. The summed E-state index contributed by atoms with van der Waals surface area (Å²) in [6, 6.07) is 15.5. The number of aryl methyl sites for hydroxylation is 1. The molecule has 0 radical (unpaired) electrons. The number of halogens is 1. The van der Waals surface area contributed by atoms with Gasteiger partial charge in [-0.3, -0.25) is 4.79 Å². The number of hydrogen-bond acceptors (Lipinski definition) is 3. The van der Waals surface area contributed by atoms with Crippen LogP contribution in [0, 0.1) is 6.92 Å². The van der Waals surface area contributed by atoms with Gasteiger partial charge < -0.3 is 5.32 Å². The molecule has 0 unspecified atom stereocenters. The van der Waals surface area contributed by atoms with Gasteiger partial charge in [-0.15, -0.1) is 11.8 Å². The fourth-order valence-electron chi connectivity index (χ4n) is 2.31. The Bertz CT molecular complexity index is 861. The SMILES string of the molecule is Cc1ccnc(NC(=O)CSc2cccc3cccc(Cl)c23)c1.